The van der Waals surface area contributed by atoms with Crippen LogP contribution in [-0.4, -0.2) is 56.4 Å². The van der Waals surface area contributed by atoms with Gasteiger partial charge in [-0.3, -0.25) is 19.3 Å². The van der Waals surface area contributed by atoms with E-state index in [4.69, 9.17) is 4.74 Å². The second-order valence-electron chi connectivity index (χ2n) is 8.27. The molecule has 204 valence electrons. The van der Waals surface area contributed by atoms with Crippen molar-refractivity contribution in [3.63, 3.8) is 0 Å². The molecule has 0 unspecified atom stereocenters. The van der Waals surface area contributed by atoms with Gasteiger partial charge in [-0.2, -0.15) is 11.8 Å². The number of rotatable bonds is 16. The van der Waals surface area contributed by atoms with E-state index in [2.05, 4.69) is 25.7 Å². The van der Waals surface area contributed by atoms with Crippen molar-refractivity contribution in [3.8, 4) is 0 Å². The maximum atomic E-state index is 12.5. The lowest BCUT2D eigenvalue weighted by molar-refractivity contribution is -0.144. The van der Waals surface area contributed by atoms with E-state index in [0.29, 0.717) is 48.8 Å². The van der Waals surface area contributed by atoms with Gasteiger partial charge in [0.2, 0.25) is 22.1 Å². The first-order valence-electron chi connectivity index (χ1n) is 12.5. The fourth-order valence-electron chi connectivity index (χ4n) is 3.22. The number of hydrogen-bond acceptors (Lipinski definition) is 11. The third-order valence-electron chi connectivity index (χ3n) is 5.10. The van der Waals surface area contributed by atoms with Gasteiger partial charge in [0.05, 0.1) is 6.42 Å². The minimum atomic E-state index is -0.333. The molecule has 0 fully saturated rings. The third-order valence-corrected chi connectivity index (χ3v) is 7.99. The average Bonchev–Trinajstić information content (AvgIpc) is 3.54. The molecular weight excluding hydrogens is 545 g/mol. The quantitative estimate of drug-likeness (QED) is 0.149. The van der Waals surface area contributed by atoms with Gasteiger partial charge in [-0.05, 0) is 29.9 Å². The summed E-state index contributed by atoms with van der Waals surface area (Å²) in [6, 6.07) is 9.56. The van der Waals surface area contributed by atoms with E-state index in [1.165, 1.54) is 27.6 Å². The highest BCUT2D eigenvalue weighted by atomic mass is 32.2. The summed E-state index contributed by atoms with van der Waals surface area (Å²) in [5, 5.41) is 22.1. The Morgan fingerprint density at radius 1 is 0.921 bits per heavy atom. The van der Waals surface area contributed by atoms with Gasteiger partial charge in [0, 0.05) is 25.7 Å². The molecule has 0 saturated heterocycles. The van der Waals surface area contributed by atoms with Crippen LogP contribution in [0, 0.1) is 0 Å². The van der Waals surface area contributed by atoms with Crippen LogP contribution in [0.25, 0.3) is 0 Å². The number of thioether (sulfide) groups is 1. The van der Waals surface area contributed by atoms with Crippen LogP contribution in [0.1, 0.15) is 55.1 Å². The predicted octanol–water partition coefficient (Wildman–Crippen LogP) is 4.52. The maximum Gasteiger partial charge on any atom is 0.307 e. The van der Waals surface area contributed by atoms with Gasteiger partial charge in [-0.15, -0.1) is 20.4 Å². The SMILES string of the molecule is CCCC(=O)OCN(C(=O)CCC)c1nnc(CCSCCc2nnc(NC(=O)Cc3ccccc3)s2)s1. The standard InChI is InChI=1S/C25H32N6O4S3/c1-3-8-22(33)31(17-35-23(34)9-4-2)25-30-28-21(38-25)13-15-36-14-12-20-27-29-24(37-20)26-19(32)16-18-10-6-5-7-11-18/h5-7,10-11H,3-4,8-9,12-17H2,1-2H3,(H,26,29,32). The summed E-state index contributed by atoms with van der Waals surface area (Å²) in [5.74, 6) is 1.11. The maximum absolute atomic E-state index is 12.5. The number of nitrogens with zero attached hydrogens (tertiary/aromatic N) is 5. The van der Waals surface area contributed by atoms with E-state index in [1.54, 1.807) is 11.8 Å². The van der Waals surface area contributed by atoms with E-state index in [9.17, 15) is 14.4 Å². The number of carbonyl (C=O) groups is 3. The molecule has 10 nitrogen and oxygen atoms in total. The number of ether oxygens (including phenoxy) is 1. The molecule has 2 aromatic heterocycles. The summed E-state index contributed by atoms with van der Waals surface area (Å²) in [6.07, 6.45) is 3.80. The van der Waals surface area contributed by atoms with Crippen molar-refractivity contribution in [1.29, 1.82) is 0 Å². The number of aryl methyl sites for hydroxylation is 2. The van der Waals surface area contributed by atoms with Crippen molar-refractivity contribution < 1.29 is 19.1 Å². The largest absolute Gasteiger partial charge is 0.444 e. The second kappa shape index (κ2) is 16.1. The molecule has 3 aromatic rings. The lowest BCUT2D eigenvalue weighted by atomic mass is 10.1. The van der Waals surface area contributed by atoms with Gasteiger partial charge in [-0.25, -0.2) is 0 Å². The van der Waals surface area contributed by atoms with Crippen LogP contribution >= 0.6 is 34.4 Å². The minimum Gasteiger partial charge on any atom is -0.444 e. The summed E-state index contributed by atoms with van der Waals surface area (Å²) in [4.78, 5) is 37.9. The second-order valence-corrected chi connectivity index (χ2v) is 11.6. The van der Waals surface area contributed by atoms with Crippen molar-refractivity contribution in [2.24, 2.45) is 0 Å². The van der Waals surface area contributed by atoms with Crippen LogP contribution in [0.15, 0.2) is 30.3 Å². The fraction of sp³-hybridized carbons (Fsp3) is 0.480. The molecular formula is C25H32N6O4S3. The molecule has 2 amide bonds. The van der Waals surface area contributed by atoms with Crippen molar-refractivity contribution >= 4 is 62.5 Å². The van der Waals surface area contributed by atoms with Crippen LogP contribution in [0.2, 0.25) is 0 Å². The van der Waals surface area contributed by atoms with E-state index in [1.807, 2.05) is 44.2 Å². The van der Waals surface area contributed by atoms with Gasteiger partial charge >= 0.3 is 5.97 Å². The molecule has 0 aliphatic carbocycles. The average molecular weight is 577 g/mol. The number of carbonyl (C=O) groups excluding carboxylic acids is 3. The molecule has 0 saturated carbocycles. The zero-order chi connectivity index (χ0) is 27.2. The molecule has 0 aliphatic heterocycles. The predicted molar refractivity (Wildman–Crippen MR) is 152 cm³/mol. The van der Waals surface area contributed by atoms with Gasteiger partial charge in [0.1, 0.15) is 10.0 Å². The normalized spacial score (nSPS) is 10.8. The zero-order valence-electron chi connectivity index (χ0n) is 21.6. The number of amides is 2. The van der Waals surface area contributed by atoms with Crippen LogP contribution < -0.4 is 10.2 Å². The van der Waals surface area contributed by atoms with Crippen molar-refractivity contribution in [3.05, 3.63) is 45.9 Å². The highest BCUT2D eigenvalue weighted by Crippen LogP contribution is 2.23. The van der Waals surface area contributed by atoms with Gasteiger partial charge < -0.3 is 10.1 Å². The number of esters is 1. The monoisotopic (exact) mass is 576 g/mol. The molecule has 0 radical (unpaired) electrons. The van der Waals surface area contributed by atoms with Gasteiger partial charge in [-0.1, -0.05) is 66.9 Å². The first-order valence-corrected chi connectivity index (χ1v) is 15.3. The van der Waals surface area contributed by atoms with E-state index in [-0.39, 0.29) is 24.5 Å². The number of hydrogen-bond donors (Lipinski definition) is 1. The fourth-order valence-corrected chi connectivity index (χ4v) is 5.96. The zero-order valence-corrected chi connectivity index (χ0v) is 24.0. The number of benzene rings is 1. The Morgan fingerprint density at radius 2 is 1.61 bits per heavy atom. The molecule has 38 heavy (non-hydrogen) atoms. The van der Waals surface area contributed by atoms with Crippen LogP contribution in [-0.2, 0) is 38.4 Å². The summed E-state index contributed by atoms with van der Waals surface area (Å²) in [6.45, 7) is 3.68. The first-order chi connectivity index (χ1) is 18.5. The lowest BCUT2D eigenvalue weighted by Crippen LogP contribution is -2.34. The van der Waals surface area contributed by atoms with Gasteiger partial charge in [0.15, 0.2) is 6.73 Å². The number of aromatic nitrogens is 4. The first kappa shape index (κ1) is 29.7. The Morgan fingerprint density at radius 3 is 2.32 bits per heavy atom. The molecule has 0 spiro atoms. The Kier molecular flexibility index (Phi) is 12.6. The summed E-state index contributed by atoms with van der Waals surface area (Å²) < 4.78 is 5.25. The molecule has 2 heterocycles. The molecule has 0 atom stereocenters. The van der Waals surface area contributed by atoms with E-state index >= 15 is 0 Å². The lowest BCUT2D eigenvalue weighted by Gasteiger charge is -2.18. The molecule has 13 heteroatoms. The third kappa shape index (κ3) is 10.1. The summed E-state index contributed by atoms with van der Waals surface area (Å²) in [7, 11) is 0. The topological polar surface area (TPSA) is 127 Å². The minimum absolute atomic E-state index is 0.112. The van der Waals surface area contributed by atoms with Crippen molar-refractivity contribution in [2.75, 3.05) is 28.5 Å². The van der Waals surface area contributed by atoms with Crippen LogP contribution in [0.3, 0.4) is 0 Å². The molecule has 1 aromatic carbocycles. The van der Waals surface area contributed by atoms with Crippen LogP contribution in [0.5, 0.6) is 0 Å². The molecule has 1 N–H and O–H groups in total. The highest BCUT2D eigenvalue weighted by Gasteiger charge is 2.21. The Bertz CT molecular complexity index is 1170. The Hall–Kier alpha value is -2.90. The van der Waals surface area contributed by atoms with E-state index in [0.717, 1.165) is 33.5 Å². The molecule has 0 bridgehead atoms. The number of nitrogens with one attached hydrogen (secondary N) is 1. The van der Waals surface area contributed by atoms with Crippen molar-refractivity contribution in [1.82, 2.24) is 20.4 Å². The van der Waals surface area contributed by atoms with Gasteiger partial charge in [0.25, 0.3) is 0 Å². The molecule has 3 rings (SSSR count). The molecule has 0 aliphatic rings. The Labute approximate surface area is 234 Å². The Balaban J connectivity index is 1.39. The smallest absolute Gasteiger partial charge is 0.307 e. The summed E-state index contributed by atoms with van der Waals surface area (Å²) >= 11 is 4.49. The van der Waals surface area contributed by atoms with Crippen molar-refractivity contribution in [2.45, 2.75) is 58.8 Å². The number of anilines is 2. The summed E-state index contributed by atoms with van der Waals surface area (Å²) in [5.41, 5.74) is 0.948. The van der Waals surface area contributed by atoms with Crippen LogP contribution in [0.4, 0.5) is 10.3 Å². The van der Waals surface area contributed by atoms with E-state index < -0.39 is 0 Å². The highest BCUT2D eigenvalue weighted by molar-refractivity contribution is 7.99.